The van der Waals surface area contributed by atoms with E-state index in [2.05, 4.69) is 10.3 Å². The van der Waals surface area contributed by atoms with Crippen molar-refractivity contribution in [2.45, 2.75) is 13.0 Å². The van der Waals surface area contributed by atoms with Crippen molar-refractivity contribution < 1.29 is 28.7 Å². The highest BCUT2D eigenvalue weighted by molar-refractivity contribution is 7.14. The third-order valence-electron chi connectivity index (χ3n) is 3.59. The molecule has 1 N–H and O–H groups in total. The van der Waals surface area contributed by atoms with Crippen LogP contribution in [0.3, 0.4) is 0 Å². The summed E-state index contributed by atoms with van der Waals surface area (Å²) >= 11 is 1.14. The van der Waals surface area contributed by atoms with Gasteiger partial charge in [-0.2, -0.15) is 0 Å². The van der Waals surface area contributed by atoms with Crippen molar-refractivity contribution in [3.63, 3.8) is 0 Å². The molecule has 146 valence electrons. The van der Waals surface area contributed by atoms with Crippen LogP contribution < -0.4 is 5.32 Å². The second-order valence-corrected chi connectivity index (χ2v) is 6.44. The smallest absolute Gasteiger partial charge is 0.377 e. The molecule has 1 aromatic heterocycles. The summed E-state index contributed by atoms with van der Waals surface area (Å²) in [5, 5.41) is 15.3. The number of hydrogen-bond donors (Lipinski definition) is 1. The van der Waals surface area contributed by atoms with Crippen LogP contribution in [0.2, 0.25) is 0 Å². The number of hydrogen-bond acceptors (Lipinski definition) is 9. The van der Waals surface area contributed by atoms with Gasteiger partial charge in [-0.05, 0) is 6.92 Å². The van der Waals surface area contributed by atoms with Crippen molar-refractivity contribution in [3.05, 3.63) is 51.8 Å². The van der Waals surface area contributed by atoms with Gasteiger partial charge in [-0.25, -0.2) is 9.78 Å². The Morgan fingerprint density at radius 1 is 1.39 bits per heavy atom. The first-order valence-corrected chi connectivity index (χ1v) is 8.99. The monoisotopic (exact) mass is 405 g/mol. The first-order valence-electron chi connectivity index (χ1n) is 8.11. The molecule has 0 radical (unpaired) electrons. The summed E-state index contributed by atoms with van der Waals surface area (Å²) in [4.78, 5) is 38.7. The summed E-state index contributed by atoms with van der Waals surface area (Å²) in [6.45, 7) is 1.97. The van der Waals surface area contributed by atoms with Crippen LogP contribution >= 0.6 is 11.3 Å². The maximum Gasteiger partial charge on any atom is 0.377 e. The zero-order chi connectivity index (χ0) is 20.1. The number of thiazole rings is 1. The number of anilines is 1. The molecule has 3 rings (SSSR count). The maximum absolute atomic E-state index is 12.2. The Morgan fingerprint density at radius 2 is 2.21 bits per heavy atom. The van der Waals surface area contributed by atoms with E-state index in [9.17, 15) is 19.7 Å². The van der Waals surface area contributed by atoms with Gasteiger partial charge in [0.1, 0.15) is 19.5 Å². The van der Waals surface area contributed by atoms with E-state index in [1.165, 1.54) is 19.1 Å². The lowest BCUT2D eigenvalue weighted by molar-refractivity contribution is -0.384. The lowest BCUT2D eigenvalue weighted by Crippen LogP contribution is -2.31. The van der Waals surface area contributed by atoms with Gasteiger partial charge < -0.3 is 14.2 Å². The van der Waals surface area contributed by atoms with E-state index in [1.54, 1.807) is 17.5 Å². The molecule has 2 aromatic rings. The van der Waals surface area contributed by atoms with Gasteiger partial charge in [0.25, 0.3) is 11.6 Å². The van der Waals surface area contributed by atoms with Gasteiger partial charge in [0.05, 0.1) is 10.6 Å². The predicted octanol–water partition coefficient (Wildman–Crippen LogP) is 2.48. The second-order valence-electron chi connectivity index (χ2n) is 5.58. The van der Waals surface area contributed by atoms with Crippen molar-refractivity contribution in [1.82, 2.24) is 4.98 Å². The summed E-state index contributed by atoms with van der Waals surface area (Å²) in [6.07, 6.45) is 0.0480. The number of nitro benzene ring substituents is 1. The molecule has 11 heteroatoms. The quantitative estimate of drug-likeness (QED) is 0.441. The summed E-state index contributed by atoms with van der Waals surface area (Å²) < 4.78 is 15.1. The molecule has 0 bridgehead atoms. The van der Waals surface area contributed by atoms with Crippen LogP contribution in [-0.4, -0.2) is 41.1 Å². The number of nitrogens with one attached hydrogen (secondary N) is 1. The van der Waals surface area contributed by atoms with E-state index in [1.807, 2.05) is 0 Å². The van der Waals surface area contributed by atoms with E-state index >= 15 is 0 Å². The van der Waals surface area contributed by atoms with Crippen molar-refractivity contribution in [1.29, 1.82) is 0 Å². The van der Waals surface area contributed by atoms with Crippen molar-refractivity contribution in [2.75, 3.05) is 18.5 Å². The van der Waals surface area contributed by atoms with Crippen LogP contribution in [0.25, 0.3) is 11.3 Å². The fourth-order valence-electron chi connectivity index (χ4n) is 2.20. The molecule has 0 spiro atoms. The number of nitrogens with zero attached hydrogens (tertiary/aromatic N) is 2. The zero-order valence-electron chi connectivity index (χ0n) is 14.6. The minimum Gasteiger partial charge on any atom is -0.493 e. The predicted molar refractivity (Wildman–Crippen MR) is 98.4 cm³/mol. The van der Waals surface area contributed by atoms with E-state index in [4.69, 9.17) is 14.2 Å². The number of amides is 1. The Kier molecular flexibility index (Phi) is 5.84. The van der Waals surface area contributed by atoms with Gasteiger partial charge in [0.15, 0.2) is 11.2 Å². The molecular formula is C17H15N3O7S. The molecule has 0 aliphatic carbocycles. The molecule has 0 fully saturated rings. The van der Waals surface area contributed by atoms with Crippen LogP contribution in [-0.2, 0) is 23.8 Å². The molecule has 1 atom stereocenters. The minimum absolute atomic E-state index is 0.0557. The van der Waals surface area contributed by atoms with E-state index in [0.717, 1.165) is 17.6 Å². The van der Waals surface area contributed by atoms with Crippen molar-refractivity contribution >= 4 is 34.0 Å². The number of carbonyl (C=O) groups is 2. The number of benzene rings is 1. The number of carbonyl (C=O) groups excluding carboxylic acids is 2. The Balaban J connectivity index is 1.62. The highest BCUT2D eigenvalue weighted by atomic mass is 32.1. The Morgan fingerprint density at radius 3 is 2.93 bits per heavy atom. The van der Waals surface area contributed by atoms with Gasteiger partial charge in [0.2, 0.25) is 5.76 Å². The molecule has 1 aromatic carbocycles. The second kappa shape index (κ2) is 8.48. The summed E-state index contributed by atoms with van der Waals surface area (Å²) in [7, 11) is 0. The molecule has 1 aliphatic rings. The highest BCUT2D eigenvalue weighted by Crippen LogP contribution is 2.27. The molecule has 0 saturated heterocycles. The molecule has 10 nitrogen and oxygen atoms in total. The first-order chi connectivity index (χ1) is 13.4. The molecule has 28 heavy (non-hydrogen) atoms. The third kappa shape index (κ3) is 4.62. The zero-order valence-corrected chi connectivity index (χ0v) is 15.4. The van der Waals surface area contributed by atoms with Gasteiger partial charge in [-0.15, -0.1) is 11.3 Å². The van der Waals surface area contributed by atoms with Crippen LogP contribution in [0.1, 0.15) is 6.92 Å². The van der Waals surface area contributed by atoms with Gasteiger partial charge in [0, 0.05) is 23.1 Å². The lowest BCUT2D eigenvalue weighted by Gasteiger charge is -2.17. The normalized spacial score (nSPS) is 14.1. The molecule has 2 heterocycles. The molecule has 1 amide bonds. The van der Waals surface area contributed by atoms with Crippen LogP contribution in [0.5, 0.6) is 0 Å². The molecular weight excluding hydrogens is 390 g/mol. The fraction of sp³-hybridized carbons (Fsp3) is 0.235. The fourth-order valence-corrected chi connectivity index (χ4v) is 2.92. The van der Waals surface area contributed by atoms with E-state index in [0.29, 0.717) is 17.9 Å². The SMILES string of the molecule is C[C@@H](OC(=O)C1=COCCO1)C(=O)Nc1nc(-c2cccc([N+](=O)[O-])c2)cs1. The maximum atomic E-state index is 12.2. The summed E-state index contributed by atoms with van der Waals surface area (Å²) in [5.41, 5.74) is 0.971. The number of nitro groups is 1. The van der Waals surface area contributed by atoms with E-state index in [-0.39, 0.29) is 23.2 Å². The van der Waals surface area contributed by atoms with Crippen LogP contribution in [0.15, 0.2) is 41.7 Å². The van der Waals surface area contributed by atoms with Gasteiger partial charge >= 0.3 is 5.97 Å². The topological polar surface area (TPSA) is 130 Å². The Hall–Kier alpha value is -3.47. The third-order valence-corrected chi connectivity index (χ3v) is 4.35. The number of non-ortho nitro benzene ring substituents is 1. The standard InChI is InChI=1S/C17H15N3O7S/c1-10(27-16(22)14-8-25-5-6-26-14)15(21)19-17-18-13(9-28-17)11-3-2-4-12(7-11)20(23)24/h2-4,7-10H,5-6H2,1H3,(H,18,19,21)/t10-/m1/s1. The van der Waals surface area contributed by atoms with Gasteiger partial charge in [-0.3, -0.25) is 20.2 Å². The molecule has 1 aliphatic heterocycles. The molecule has 0 saturated carbocycles. The first kappa shape index (κ1) is 19.3. The van der Waals surface area contributed by atoms with E-state index < -0.39 is 22.9 Å². The highest BCUT2D eigenvalue weighted by Gasteiger charge is 2.24. The number of rotatable bonds is 6. The van der Waals surface area contributed by atoms with Crippen LogP contribution in [0, 0.1) is 10.1 Å². The Labute approximate surface area is 162 Å². The van der Waals surface area contributed by atoms with Crippen LogP contribution in [0.4, 0.5) is 10.8 Å². The average molecular weight is 405 g/mol. The largest absolute Gasteiger partial charge is 0.493 e. The lowest BCUT2D eigenvalue weighted by atomic mass is 10.1. The van der Waals surface area contributed by atoms with Crippen molar-refractivity contribution in [3.8, 4) is 11.3 Å². The summed E-state index contributed by atoms with van der Waals surface area (Å²) in [6, 6.07) is 6.01. The summed E-state index contributed by atoms with van der Waals surface area (Å²) in [5.74, 6) is -1.49. The number of ether oxygens (including phenoxy) is 3. The van der Waals surface area contributed by atoms with Gasteiger partial charge in [-0.1, -0.05) is 12.1 Å². The van der Waals surface area contributed by atoms with Crippen molar-refractivity contribution in [2.24, 2.45) is 0 Å². The minimum atomic E-state index is -1.09. The number of aromatic nitrogens is 1. The number of esters is 1. The average Bonchev–Trinajstić information content (AvgIpc) is 3.17. The Bertz CT molecular complexity index is 940. The molecule has 0 unspecified atom stereocenters.